The van der Waals surface area contributed by atoms with Gasteiger partial charge in [-0.25, -0.2) is 9.78 Å². The Balaban J connectivity index is 1.97. The Labute approximate surface area is 147 Å². The fraction of sp³-hybridized carbons (Fsp3) is 0.300. The SMILES string of the molecule is CCOC(=O)c1cccc(Cn2c(CN(C)C)nc3ccccc32)c1. The highest BCUT2D eigenvalue weighted by Gasteiger charge is 2.13. The zero-order valence-corrected chi connectivity index (χ0v) is 14.9. The van der Waals surface area contributed by atoms with E-state index in [4.69, 9.17) is 9.72 Å². The van der Waals surface area contributed by atoms with Gasteiger partial charge in [0.15, 0.2) is 0 Å². The van der Waals surface area contributed by atoms with Crippen molar-refractivity contribution in [3.8, 4) is 0 Å². The summed E-state index contributed by atoms with van der Waals surface area (Å²) in [6.45, 7) is 3.61. The van der Waals surface area contributed by atoms with Crippen molar-refractivity contribution in [1.82, 2.24) is 14.5 Å². The van der Waals surface area contributed by atoms with Crippen LogP contribution in [0.15, 0.2) is 48.5 Å². The summed E-state index contributed by atoms with van der Waals surface area (Å²) in [5, 5.41) is 0. The third-order valence-electron chi connectivity index (χ3n) is 3.97. The molecule has 0 saturated carbocycles. The maximum absolute atomic E-state index is 12.0. The first-order valence-electron chi connectivity index (χ1n) is 8.43. The molecule has 5 nitrogen and oxygen atoms in total. The lowest BCUT2D eigenvalue weighted by atomic mass is 10.1. The number of hydrogen-bond acceptors (Lipinski definition) is 4. The average Bonchev–Trinajstić information content (AvgIpc) is 2.92. The molecule has 0 radical (unpaired) electrons. The maximum atomic E-state index is 12.0. The van der Waals surface area contributed by atoms with Crippen molar-refractivity contribution in [2.24, 2.45) is 0 Å². The number of rotatable bonds is 6. The number of hydrogen-bond donors (Lipinski definition) is 0. The predicted octanol–water partition coefficient (Wildman–Crippen LogP) is 3.32. The molecule has 0 aliphatic rings. The second kappa shape index (κ2) is 7.49. The number of fused-ring (bicyclic) bond motifs is 1. The molecule has 0 atom stereocenters. The van der Waals surface area contributed by atoms with Gasteiger partial charge in [0.1, 0.15) is 5.82 Å². The van der Waals surface area contributed by atoms with E-state index in [0.717, 1.165) is 29.0 Å². The third-order valence-corrected chi connectivity index (χ3v) is 3.97. The van der Waals surface area contributed by atoms with Gasteiger partial charge in [-0.3, -0.25) is 0 Å². The Bertz CT molecular complexity index is 884. The summed E-state index contributed by atoms with van der Waals surface area (Å²) < 4.78 is 7.31. The highest BCUT2D eigenvalue weighted by Crippen LogP contribution is 2.19. The van der Waals surface area contributed by atoms with Crippen LogP contribution in [-0.2, 0) is 17.8 Å². The van der Waals surface area contributed by atoms with Crippen LogP contribution in [0.5, 0.6) is 0 Å². The second-order valence-corrected chi connectivity index (χ2v) is 6.26. The van der Waals surface area contributed by atoms with Gasteiger partial charge in [-0.1, -0.05) is 24.3 Å². The molecule has 2 aromatic carbocycles. The number of imidazole rings is 1. The van der Waals surface area contributed by atoms with Gasteiger partial charge in [-0.2, -0.15) is 0 Å². The molecular formula is C20H23N3O2. The van der Waals surface area contributed by atoms with Gasteiger partial charge < -0.3 is 14.2 Å². The van der Waals surface area contributed by atoms with Gasteiger partial charge in [0.25, 0.3) is 0 Å². The summed E-state index contributed by atoms with van der Waals surface area (Å²) >= 11 is 0. The fourth-order valence-corrected chi connectivity index (χ4v) is 2.90. The molecule has 0 unspecified atom stereocenters. The average molecular weight is 337 g/mol. The lowest BCUT2D eigenvalue weighted by molar-refractivity contribution is 0.0526. The van der Waals surface area contributed by atoms with Crippen LogP contribution in [0.3, 0.4) is 0 Å². The molecule has 25 heavy (non-hydrogen) atoms. The van der Waals surface area contributed by atoms with Crippen LogP contribution in [0.2, 0.25) is 0 Å². The van der Waals surface area contributed by atoms with Gasteiger partial charge in [0.05, 0.1) is 29.7 Å². The van der Waals surface area contributed by atoms with Gasteiger partial charge in [0.2, 0.25) is 0 Å². The minimum absolute atomic E-state index is 0.284. The third kappa shape index (κ3) is 3.88. The second-order valence-electron chi connectivity index (χ2n) is 6.26. The summed E-state index contributed by atoms with van der Waals surface area (Å²) in [5.74, 6) is 0.723. The number of nitrogens with zero attached hydrogens (tertiary/aromatic N) is 3. The highest BCUT2D eigenvalue weighted by molar-refractivity contribution is 5.89. The molecule has 0 bridgehead atoms. The lowest BCUT2D eigenvalue weighted by Gasteiger charge is -2.13. The van der Waals surface area contributed by atoms with Gasteiger partial charge in [0, 0.05) is 6.54 Å². The first-order chi connectivity index (χ1) is 12.1. The van der Waals surface area contributed by atoms with Crippen LogP contribution in [0.25, 0.3) is 11.0 Å². The molecule has 3 aromatic rings. The van der Waals surface area contributed by atoms with Crippen LogP contribution >= 0.6 is 0 Å². The van der Waals surface area contributed by atoms with Gasteiger partial charge in [-0.05, 0) is 50.8 Å². The number of esters is 1. The van der Waals surface area contributed by atoms with E-state index in [1.807, 2.05) is 57.4 Å². The molecule has 0 saturated heterocycles. The first-order valence-corrected chi connectivity index (χ1v) is 8.43. The summed E-state index contributed by atoms with van der Waals surface area (Å²) in [7, 11) is 4.07. The van der Waals surface area contributed by atoms with E-state index in [1.54, 1.807) is 6.07 Å². The van der Waals surface area contributed by atoms with E-state index >= 15 is 0 Å². The predicted molar refractivity (Wildman–Crippen MR) is 98.6 cm³/mol. The Hall–Kier alpha value is -2.66. The summed E-state index contributed by atoms with van der Waals surface area (Å²) in [6, 6.07) is 15.7. The molecule has 1 aromatic heterocycles. The van der Waals surface area contributed by atoms with Gasteiger partial charge >= 0.3 is 5.97 Å². The van der Waals surface area contributed by atoms with Crippen LogP contribution in [0, 0.1) is 0 Å². The molecule has 0 aliphatic heterocycles. The van der Waals surface area contributed by atoms with Crippen LogP contribution in [0.4, 0.5) is 0 Å². The van der Waals surface area contributed by atoms with Crippen molar-refractivity contribution in [3.05, 3.63) is 65.5 Å². The minimum Gasteiger partial charge on any atom is -0.462 e. The normalized spacial score (nSPS) is 11.2. The van der Waals surface area contributed by atoms with Crippen molar-refractivity contribution >= 4 is 17.0 Å². The fourth-order valence-electron chi connectivity index (χ4n) is 2.90. The van der Waals surface area contributed by atoms with Gasteiger partial charge in [-0.15, -0.1) is 0 Å². The molecule has 5 heteroatoms. The zero-order chi connectivity index (χ0) is 17.8. The molecule has 0 N–H and O–H groups in total. The van der Waals surface area contributed by atoms with Crippen molar-refractivity contribution in [1.29, 1.82) is 0 Å². The van der Waals surface area contributed by atoms with Crippen LogP contribution in [0.1, 0.15) is 28.7 Å². The Morgan fingerprint density at radius 2 is 1.96 bits per heavy atom. The molecular weight excluding hydrogens is 314 g/mol. The summed E-state index contributed by atoms with van der Waals surface area (Å²) in [6.07, 6.45) is 0. The number of benzene rings is 2. The molecule has 0 aliphatic carbocycles. The molecule has 130 valence electrons. The van der Waals surface area contributed by atoms with E-state index < -0.39 is 0 Å². The summed E-state index contributed by atoms with van der Waals surface area (Å²) in [5.41, 5.74) is 3.72. The van der Waals surface area contributed by atoms with E-state index in [2.05, 4.69) is 15.5 Å². The maximum Gasteiger partial charge on any atom is 0.338 e. The van der Waals surface area contributed by atoms with Crippen LogP contribution < -0.4 is 0 Å². The largest absolute Gasteiger partial charge is 0.462 e. The van der Waals surface area contributed by atoms with E-state index in [1.165, 1.54) is 0 Å². The molecule has 0 amide bonds. The minimum atomic E-state index is -0.284. The smallest absolute Gasteiger partial charge is 0.338 e. The molecule has 3 rings (SSSR count). The van der Waals surface area contributed by atoms with E-state index in [-0.39, 0.29) is 5.97 Å². The number of aromatic nitrogens is 2. The number of carbonyl (C=O) groups is 1. The standard InChI is InChI=1S/C20H23N3O2/c1-4-25-20(24)16-9-7-8-15(12-16)13-23-18-11-6-5-10-17(18)21-19(23)14-22(2)3/h5-12H,4,13-14H2,1-3H3. The Morgan fingerprint density at radius 3 is 2.72 bits per heavy atom. The monoisotopic (exact) mass is 337 g/mol. The molecule has 0 spiro atoms. The van der Waals surface area contributed by atoms with Crippen LogP contribution in [-0.4, -0.2) is 41.1 Å². The number of para-hydroxylation sites is 2. The highest BCUT2D eigenvalue weighted by atomic mass is 16.5. The molecule has 0 fully saturated rings. The number of ether oxygens (including phenoxy) is 1. The molecule has 1 heterocycles. The topological polar surface area (TPSA) is 47.4 Å². The van der Waals surface area contributed by atoms with Crippen molar-refractivity contribution in [2.75, 3.05) is 20.7 Å². The Kier molecular flexibility index (Phi) is 5.14. The zero-order valence-electron chi connectivity index (χ0n) is 14.9. The Morgan fingerprint density at radius 1 is 1.16 bits per heavy atom. The van der Waals surface area contributed by atoms with Crippen molar-refractivity contribution in [3.63, 3.8) is 0 Å². The van der Waals surface area contributed by atoms with Crippen molar-refractivity contribution in [2.45, 2.75) is 20.0 Å². The lowest BCUT2D eigenvalue weighted by Crippen LogP contribution is -2.16. The number of carbonyl (C=O) groups excluding carboxylic acids is 1. The first kappa shape index (κ1) is 17.2. The quantitative estimate of drug-likeness (QED) is 0.648. The summed E-state index contributed by atoms with van der Waals surface area (Å²) in [4.78, 5) is 18.8. The van der Waals surface area contributed by atoms with E-state index in [0.29, 0.717) is 18.7 Å². The van der Waals surface area contributed by atoms with E-state index in [9.17, 15) is 4.79 Å². The van der Waals surface area contributed by atoms with Crippen molar-refractivity contribution < 1.29 is 9.53 Å².